The Hall–Kier alpha value is -2.80. The van der Waals surface area contributed by atoms with Crippen molar-refractivity contribution in [2.24, 2.45) is 5.92 Å². The van der Waals surface area contributed by atoms with Crippen LogP contribution in [0, 0.1) is 5.92 Å². The Kier molecular flexibility index (Phi) is 7.90. The largest absolute Gasteiger partial charge is 0.494 e. The molecule has 2 aromatic carbocycles. The summed E-state index contributed by atoms with van der Waals surface area (Å²) in [7, 11) is 0. The molecule has 6 nitrogen and oxygen atoms in total. The molecule has 3 aromatic rings. The van der Waals surface area contributed by atoms with Crippen molar-refractivity contribution in [3.8, 4) is 17.2 Å². The van der Waals surface area contributed by atoms with Crippen molar-refractivity contribution in [3.05, 3.63) is 60.2 Å². The lowest BCUT2D eigenvalue weighted by Gasteiger charge is -2.21. The summed E-state index contributed by atoms with van der Waals surface area (Å²) < 4.78 is 11.1. The highest BCUT2D eigenvalue weighted by molar-refractivity contribution is 7.99. The van der Waals surface area contributed by atoms with E-state index < -0.39 is 0 Å². The molecule has 0 fully saturated rings. The van der Waals surface area contributed by atoms with Gasteiger partial charge in [0.1, 0.15) is 5.75 Å². The van der Waals surface area contributed by atoms with E-state index in [4.69, 9.17) is 9.15 Å². The fraction of sp³-hybridized carbons (Fsp3) is 0.348. The van der Waals surface area contributed by atoms with Gasteiger partial charge in [-0.1, -0.05) is 55.9 Å². The molecule has 1 N–H and O–H groups in total. The molecule has 30 heavy (non-hydrogen) atoms. The summed E-state index contributed by atoms with van der Waals surface area (Å²) in [5.74, 6) is 1.84. The summed E-state index contributed by atoms with van der Waals surface area (Å²) in [6.45, 7) is 6.86. The van der Waals surface area contributed by atoms with Gasteiger partial charge in [0.2, 0.25) is 11.8 Å². The predicted octanol–water partition coefficient (Wildman–Crippen LogP) is 5.13. The molecule has 0 saturated heterocycles. The molecular formula is C23H27N3O3S. The molecule has 0 aliphatic carbocycles. The van der Waals surface area contributed by atoms with Crippen molar-refractivity contribution < 1.29 is 13.9 Å². The number of carbonyl (C=O) groups is 1. The van der Waals surface area contributed by atoms with E-state index in [0.717, 1.165) is 23.3 Å². The van der Waals surface area contributed by atoms with Gasteiger partial charge < -0.3 is 14.5 Å². The van der Waals surface area contributed by atoms with Crippen molar-refractivity contribution in [3.63, 3.8) is 0 Å². The fourth-order valence-electron chi connectivity index (χ4n) is 3.04. The van der Waals surface area contributed by atoms with Gasteiger partial charge in [0.05, 0.1) is 18.4 Å². The highest BCUT2D eigenvalue weighted by atomic mass is 32.2. The van der Waals surface area contributed by atoms with Gasteiger partial charge in [-0.25, -0.2) is 0 Å². The number of ether oxygens (including phenoxy) is 1. The van der Waals surface area contributed by atoms with Crippen LogP contribution in [0.2, 0.25) is 0 Å². The maximum absolute atomic E-state index is 12.5. The smallest absolute Gasteiger partial charge is 0.277 e. The first kappa shape index (κ1) is 21.9. The molecule has 0 aliphatic rings. The van der Waals surface area contributed by atoms with Crippen LogP contribution in [0.1, 0.15) is 38.8 Å². The number of amides is 1. The molecule has 1 heterocycles. The minimum absolute atomic E-state index is 0.0126. The second kappa shape index (κ2) is 10.8. The van der Waals surface area contributed by atoms with E-state index in [1.165, 1.54) is 11.8 Å². The molecule has 0 unspecified atom stereocenters. The van der Waals surface area contributed by atoms with Crippen LogP contribution in [-0.4, -0.2) is 28.5 Å². The molecule has 1 aromatic heterocycles. The van der Waals surface area contributed by atoms with E-state index in [0.29, 0.717) is 23.6 Å². The molecule has 0 aliphatic heterocycles. The monoisotopic (exact) mass is 425 g/mol. The summed E-state index contributed by atoms with van der Waals surface area (Å²) in [5.41, 5.74) is 1.92. The molecule has 7 heteroatoms. The fourth-order valence-corrected chi connectivity index (χ4v) is 3.62. The topological polar surface area (TPSA) is 77.2 Å². The number of aromatic nitrogens is 2. The van der Waals surface area contributed by atoms with Gasteiger partial charge in [0, 0.05) is 5.56 Å². The highest BCUT2D eigenvalue weighted by Crippen LogP contribution is 2.26. The molecule has 1 amide bonds. The average molecular weight is 426 g/mol. The molecule has 1 atom stereocenters. The van der Waals surface area contributed by atoms with Crippen LogP contribution in [0.5, 0.6) is 5.75 Å². The van der Waals surface area contributed by atoms with Crippen LogP contribution in [0.4, 0.5) is 0 Å². The van der Waals surface area contributed by atoms with E-state index >= 15 is 0 Å². The lowest BCUT2D eigenvalue weighted by Crippen LogP contribution is -2.30. The number of hydrogen-bond acceptors (Lipinski definition) is 6. The average Bonchev–Trinajstić information content (AvgIpc) is 3.22. The lowest BCUT2D eigenvalue weighted by molar-refractivity contribution is -0.119. The Morgan fingerprint density at radius 1 is 1.10 bits per heavy atom. The highest BCUT2D eigenvalue weighted by Gasteiger charge is 2.17. The summed E-state index contributed by atoms with van der Waals surface area (Å²) in [6, 6.07) is 17.5. The number of benzene rings is 2. The summed E-state index contributed by atoms with van der Waals surface area (Å²) >= 11 is 1.23. The maximum atomic E-state index is 12.5. The molecule has 158 valence electrons. The van der Waals surface area contributed by atoms with Gasteiger partial charge >= 0.3 is 0 Å². The predicted molar refractivity (Wildman–Crippen MR) is 118 cm³/mol. The summed E-state index contributed by atoms with van der Waals surface area (Å²) in [5, 5.41) is 11.6. The number of nitrogens with one attached hydrogen (secondary N) is 1. The third kappa shape index (κ3) is 6.35. The van der Waals surface area contributed by atoms with Crippen LogP contribution in [0.25, 0.3) is 11.5 Å². The van der Waals surface area contributed by atoms with Crippen LogP contribution in [0.3, 0.4) is 0 Å². The van der Waals surface area contributed by atoms with E-state index in [-0.39, 0.29) is 17.7 Å². The zero-order valence-electron chi connectivity index (χ0n) is 17.5. The SMILES string of the molecule is CCOc1ccc(-c2nnc(SCC(=O)N[C@@H](CC(C)C)c3ccccc3)o2)cc1. The van der Waals surface area contributed by atoms with Crippen LogP contribution in [-0.2, 0) is 4.79 Å². The van der Waals surface area contributed by atoms with Gasteiger partial charge in [-0.3, -0.25) is 4.79 Å². The third-order valence-corrected chi connectivity index (χ3v) is 5.21. The number of carbonyl (C=O) groups excluding carboxylic acids is 1. The van der Waals surface area contributed by atoms with Crippen molar-refractivity contribution >= 4 is 17.7 Å². The summed E-state index contributed by atoms with van der Waals surface area (Å²) in [6.07, 6.45) is 0.878. The molecule has 3 rings (SSSR count). The van der Waals surface area contributed by atoms with Gasteiger partial charge in [0.25, 0.3) is 5.22 Å². The van der Waals surface area contributed by atoms with Crippen LogP contribution < -0.4 is 10.1 Å². The van der Waals surface area contributed by atoms with E-state index in [9.17, 15) is 4.79 Å². The minimum Gasteiger partial charge on any atom is -0.494 e. The Morgan fingerprint density at radius 3 is 2.50 bits per heavy atom. The second-order valence-corrected chi connectivity index (χ2v) is 8.21. The zero-order valence-corrected chi connectivity index (χ0v) is 18.3. The minimum atomic E-state index is -0.0599. The van der Waals surface area contributed by atoms with Crippen molar-refractivity contribution in [1.82, 2.24) is 15.5 Å². The van der Waals surface area contributed by atoms with Crippen molar-refractivity contribution in [2.75, 3.05) is 12.4 Å². The molecule has 0 bridgehead atoms. The third-order valence-electron chi connectivity index (χ3n) is 4.39. The van der Waals surface area contributed by atoms with E-state index in [1.54, 1.807) is 0 Å². The molecule has 0 saturated carbocycles. The number of hydrogen-bond donors (Lipinski definition) is 1. The van der Waals surface area contributed by atoms with Crippen LogP contribution in [0.15, 0.2) is 64.2 Å². The van der Waals surface area contributed by atoms with E-state index in [2.05, 4.69) is 29.4 Å². The standard InChI is InChI=1S/C23H27N3O3S/c1-4-28-19-12-10-18(11-13-19)22-25-26-23(29-22)30-15-21(27)24-20(14-16(2)3)17-8-6-5-7-9-17/h5-13,16,20H,4,14-15H2,1-3H3,(H,24,27)/t20-/m0/s1. The molecule has 0 spiro atoms. The van der Waals surface area contributed by atoms with E-state index in [1.807, 2.05) is 61.5 Å². The molecular weight excluding hydrogens is 398 g/mol. The quantitative estimate of drug-likeness (QED) is 0.454. The molecule has 0 radical (unpaired) electrons. The van der Waals surface area contributed by atoms with Crippen LogP contribution >= 0.6 is 11.8 Å². The zero-order chi connectivity index (χ0) is 21.3. The second-order valence-electron chi connectivity index (χ2n) is 7.28. The first-order valence-corrected chi connectivity index (χ1v) is 11.1. The number of nitrogens with zero attached hydrogens (tertiary/aromatic N) is 2. The maximum Gasteiger partial charge on any atom is 0.277 e. The lowest BCUT2D eigenvalue weighted by atomic mass is 9.97. The first-order valence-electron chi connectivity index (χ1n) is 10.1. The van der Waals surface area contributed by atoms with Gasteiger partial charge in [-0.2, -0.15) is 0 Å². The van der Waals surface area contributed by atoms with Crippen molar-refractivity contribution in [2.45, 2.75) is 38.5 Å². The van der Waals surface area contributed by atoms with Gasteiger partial charge in [-0.05, 0) is 49.1 Å². The number of thioether (sulfide) groups is 1. The van der Waals surface area contributed by atoms with Gasteiger partial charge in [-0.15, -0.1) is 10.2 Å². The Bertz CT molecular complexity index is 926. The first-order chi connectivity index (χ1) is 14.5. The van der Waals surface area contributed by atoms with Crippen molar-refractivity contribution in [1.29, 1.82) is 0 Å². The normalized spacial score (nSPS) is 12.0. The number of rotatable bonds is 10. The Morgan fingerprint density at radius 2 is 1.83 bits per heavy atom. The Labute approximate surface area is 181 Å². The Balaban J connectivity index is 1.56. The summed E-state index contributed by atoms with van der Waals surface area (Å²) in [4.78, 5) is 12.5. The van der Waals surface area contributed by atoms with Gasteiger partial charge in [0.15, 0.2) is 0 Å².